The third kappa shape index (κ3) is 10.2. The number of hydrogen-bond donors (Lipinski definition) is 3. The predicted molar refractivity (Wildman–Crippen MR) is 145 cm³/mol. The van der Waals surface area contributed by atoms with Gasteiger partial charge in [0.15, 0.2) is 12.1 Å². The van der Waals surface area contributed by atoms with Gasteiger partial charge in [-0.15, -0.1) is 0 Å². The number of aliphatic hydroxyl groups is 2. The molecule has 6 atom stereocenters. The second-order valence-corrected chi connectivity index (χ2v) is 11.2. The number of benzene rings is 1. The van der Waals surface area contributed by atoms with Crippen LogP contribution >= 0.6 is 0 Å². The molecule has 38 heavy (non-hydrogen) atoms. The van der Waals surface area contributed by atoms with Gasteiger partial charge in [-0.05, 0) is 25.8 Å². The number of fused-ring (bicyclic) bond motifs is 1. The number of unbranched alkanes of at least 4 members (excludes halogenated alkanes) is 8. The highest BCUT2D eigenvalue weighted by atomic mass is 16.8. The van der Waals surface area contributed by atoms with E-state index in [9.17, 15) is 15.0 Å². The predicted octanol–water partition coefficient (Wildman–Crippen LogP) is 4.60. The first-order valence-corrected chi connectivity index (χ1v) is 14.6. The van der Waals surface area contributed by atoms with Crippen LogP contribution in [0.4, 0.5) is 0 Å². The minimum Gasteiger partial charge on any atom is -0.393 e. The molecule has 8 heteroatoms. The summed E-state index contributed by atoms with van der Waals surface area (Å²) >= 11 is 0. The second-order valence-electron chi connectivity index (χ2n) is 11.2. The molecule has 2 heterocycles. The van der Waals surface area contributed by atoms with Gasteiger partial charge >= 0.3 is 0 Å². The maximum absolute atomic E-state index is 12.9. The molecular formula is C30H49NO7. The molecule has 1 aromatic carbocycles. The Balaban J connectivity index is 1.47. The maximum Gasteiger partial charge on any atom is 0.223 e. The lowest BCUT2D eigenvalue weighted by Gasteiger charge is -2.49. The summed E-state index contributed by atoms with van der Waals surface area (Å²) in [5.41, 5.74) is 0.950. The Labute approximate surface area is 228 Å². The van der Waals surface area contributed by atoms with E-state index in [1.807, 2.05) is 30.3 Å². The van der Waals surface area contributed by atoms with Gasteiger partial charge in [0.25, 0.3) is 0 Å². The molecule has 216 valence electrons. The molecule has 0 saturated carbocycles. The first kappa shape index (κ1) is 31.0. The van der Waals surface area contributed by atoms with Crippen LogP contribution in [0.1, 0.15) is 97.0 Å². The summed E-state index contributed by atoms with van der Waals surface area (Å²) in [4.78, 5) is 12.9. The van der Waals surface area contributed by atoms with Crippen LogP contribution in [-0.4, -0.2) is 65.3 Å². The maximum atomic E-state index is 12.9. The summed E-state index contributed by atoms with van der Waals surface area (Å²) in [6.45, 7) is 6.30. The van der Waals surface area contributed by atoms with Crippen molar-refractivity contribution in [1.82, 2.24) is 5.32 Å². The lowest BCUT2D eigenvalue weighted by molar-refractivity contribution is -0.369. The highest BCUT2D eigenvalue weighted by Crippen LogP contribution is 2.33. The lowest BCUT2D eigenvalue weighted by atomic mass is 9.95. The zero-order valence-corrected chi connectivity index (χ0v) is 23.5. The summed E-state index contributed by atoms with van der Waals surface area (Å²) in [7, 11) is 0. The van der Waals surface area contributed by atoms with Gasteiger partial charge in [-0.2, -0.15) is 0 Å². The Morgan fingerprint density at radius 2 is 1.74 bits per heavy atom. The Kier molecular flexibility index (Phi) is 13.0. The largest absolute Gasteiger partial charge is 0.393 e. The van der Waals surface area contributed by atoms with Crippen molar-refractivity contribution in [2.24, 2.45) is 0 Å². The minimum atomic E-state index is -1.06. The molecule has 0 spiro atoms. The number of ether oxygens (including phenoxy) is 4. The van der Waals surface area contributed by atoms with Crippen molar-refractivity contribution in [3.05, 3.63) is 35.9 Å². The van der Waals surface area contributed by atoms with Crippen LogP contribution < -0.4 is 5.32 Å². The SMILES string of the molecule is CCCCCCCCCCC[C@@H](O)CC(=O)N[C@H]1[C@H](OCc2ccccc2)O[C@@H]2COC(C)(C)O[C@H]2[C@@H]1O. The van der Waals surface area contributed by atoms with Crippen LogP contribution in [0.3, 0.4) is 0 Å². The number of carbonyl (C=O) groups excluding carboxylic acids is 1. The summed E-state index contributed by atoms with van der Waals surface area (Å²) < 4.78 is 23.8. The molecule has 0 unspecified atom stereocenters. The standard InChI is InChI=1S/C30H49NO7/c1-4-5-6-7-8-9-10-11-15-18-23(32)19-25(33)31-26-27(34)28-24(21-36-30(2,3)38-28)37-29(26)35-20-22-16-13-12-14-17-22/h12-14,16-17,23-24,26-29,32,34H,4-11,15,18-21H2,1-3H3,(H,31,33)/t23-,24-,26-,27-,28-,29-/m1/s1. The Morgan fingerprint density at radius 1 is 1.08 bits per heavy atom. The molecule has 2 saturated heterocycles. The van der Waals surface area contributed by atoms with Crippen LogP contribution in [0.15, 0.2) is 30.3 Å². The normalized spacial score (nSPS) is 27.4. The number of aliphatic hydroxyl groups excluding tert-OH is 2. The number of nitrogens with one attached hydrogen (secondary N) is 1. The van der Waals surface area contributed by atoms with Gasteiger partial charge in [-0.3, -0.25) is 4.79 Å². The fourth-order valence-electron chi connectivity index (χ4n) is 5.14. The van der Waals surface area contributed by atoms with E-state index >= 15 is 0 Å². The average molecular weight is 536 g/mol. The summed E-state index contributed by atoms with van der Waals surface area (Å²) in [6, 6.07) is 8.80. The van der Waals surface area contributed by atoms with Crippen LogP contribution in [0, 0.1) is 0 Å². The molecule has 0 bridgehead atoms. The molecule has 0 aromatic heterocycles. The van der Waals surface area contributed by atoms with E-state index < -0.39 is 42.5 Å². The Hall–Kier alpha value is -1.55. The summed E-state index contributed by atoms with van der Waals surface area (Å²) in [5.74, 6) is -1.22. The zero-order chi connectivity index (χ0) is 27.4. The van der Waals surface area contributed by atoms with Gasteiger partial charge in [0, 0.05) is 0 Å². The first-order valence-electron chi connectivity index (χ1n) is 14.6. The topological polar surface area (TPSA) is 106 Å². The summed E-state index contributed by atoms with van der Waals surface area (Å²) in [5, 5.41) is 24.5. The number of hydrogen-bond acceptors (Lipinski definition) is 7. The van der Waals surface area contributed by atoms with E-state index in [-0.39, 0.29) is 25.5 Å². The molecule has 3 N–H and O–H groups in total. The third-order valence-electron chi connectivity index (χ3n) is 7.33. The van der Waals surface area contributed by atoms with Crippen molar-refractivity contribution in [3.8, 4) is 0 Å². The van der Waals surface area contributed by atoms with Crippen LogP contribution in [0.5, 0.6) is 0 Å². The molecule has 0 radical (unpaired) electrons. The Bertz CT molecular complexity index is 805. The van der Waals surface area contributed by atoms with Crippen molar-refractivity contribution >= 4 is 5.91 Å². The van der Waals surface area contributed by atoms with Crippen LogP contribution in [0.2, 0.25) is 0 Å². The van der Waals surface area contributed by atoms with Crippen LogP contribution in [-0.2, 0) is 30.3 Å². The van der Waals surface area contributed by atoms with E-state index in [1.165, 1.54) is 44.9 Å². The van der Waals surface area contributed by atoms with Gasteiger partial charge in [-0.1, -0.05) is 95.0 Å². The van der Waals surface area contributed by atoms with Gasteiger partial charge in [0.05, 0.1) is 25.7 Å². The summed E-state index contributed by atoms with van der Waals surface area (Å²) in [6.07, 6.45) is 7.53. The second kappa shape index (κ2) is 15.9. The lowest BCUT2D eigenvalue weighted by Crippen LogP contribution is -2.68. The fraction of sp³-hybridized carbons (Fsp3) is 0.767. The number of rotatable bonds is 16. The van der Waals surface area contributed by atoms with E-state index in [0.29, 0.717) is 6.42 Å². The van der Waals surface area contributed by atoms with Crippen LogP contribution in [0.25, 0.3) is 0 Å². The van der Waals surface area contributed by atoms with Gasteiger partial charge in [0.2, 0.25) is 5.91 Å². The number of carbonyl (C=O) groups is 1. The molecule has 2 aliphatic rings. The van der Waals surface area contributed by atoms with Gasteiger partial charge in [-0.25, -0.2) is 0 Å². The van der Waals surface area contributed by atoms with Gasteiger partial charge in [0.1, 0.15) is 24.4 Å². The number of amides is 1. The van der Waals surface area contributed by atoms with Crippen molar-refractivity contribution < 1.29 is 34.0 Å². The average Bonchev–Trinajstić information content (AvgIpc) is 2.89. The molecule has 0 aliphatic carbocycles. The first-order chi connectivity index (χ1) is 18.3. The quantitative estimate of drug-likeness (QED) is 0.266. The monoisotopic (exact) mass is 535 g/mol. The fourth-order valence-corrected chi connectivity index (χ4v) is 5.14. The highest BCUT2D eigenvalue weighted by Gasteiger charge is 2.51. The van der Waals surface area contributed by atoms with E-state index in [1.54, 1.807) is 13.8 Å². The molecule has 3 rings (SSSR count). The van der Waals surface area contributed by atoms with E-state index in [4.69, 9.17) is 18.9 Å². The third-order valence-corrected chi connectivity index (χ3v) is 7.33. The molecular weight excluding hydrogens is 486 g/mol. The van der Waals surface area contributed by atoms with Gasteiger partial charge < -0.3 is 34.5 Å². The van der Waals surface area contributed by atoms with Crippen molar-refractivity contribution in [2.45, 2.75) is 141 Å². The highest BCUT2D eigenvalue weighted by molar-refractivity contribution is 5.76. The van der Waals surface area contributed by atoms with E-state index in [2.05, 4.69) is 12.2 Å². The minimum absolute atomic E-state index is 0.0325. The van der Waals surface area contributed by atoms with Crippen molar-refractivity contribution in [1.29, 1.82) is 0 Å². The zero-order valence-electron chi connectivity index (χ0n) is 23.5. The molecule has 2 aliphatic heterocycles. The van der Waals surface area contributed by atoms with Crippen molar-refractivity contribution in [3.63, 3.8) is 0 Å². The van der Waals surface area contributed by atoms with E-state index in [0.717, 1.165) is 18.4 Å². The smallest absolute Gasteiger partial charge is 0.223 e. The molecule has 1 amide bonds. The molecule has 2 fully saturated rings. The Morgan fingerprint density at radius 3 is 2.42 bits per heavy atom. The molecule has 1 aromatic rings. The van der Waals surface area contributed by atoms with Crippen molar-refractivity contribution in [2.75, 3.05) is 6.61 Å². The molecule has 8 nitrogen and oxygen atoms in total.